The molecule has 0 aliphatic carbocycles. The van der Waals surface area contributed by atoms with Crippen molar-refractivity contribution in [3.8, 4) is 0 Å². The lowest BCUT2D eigenvalue weighted by atomic mass is 9.91. The van der Waals surface area contributed by atoms with Crippen LogP contribution >= 0.6 is 0 Å². The highest BCUT2D eigenvalue weighted by Gasteiger charge is 2.34. The quantitative estimate of drug-likeness (QED) is 0.891. The molecule has 0 bridgehead atoms. The van der Waals surface area contributed by atoms with Crippen LogP contribution in [0.3, 0.4) is 0 Å². The standard InChI is InChI=1S/C12H20N2O4S/c1-7(2)10(8(3)15)12-13-11(14-18-12)9-4-5-19(16,17)6-9/h7-10,15H,4-6H2,1-3H3. The van der Waals surface area contributed by atoms with Gasteiger partial charge >= 0.3 is 0 Å². The molecule has 2 heterocycles. The molecule has 6 nitrogen and oxygen atoms in total. The van der Waals surface area contributed by atoms with Gasteiger partial charge in [-0.05, 0) is 19.3 Å². The molecule has 0 radical (unpaired) electrons. The average Bonchev–Trinajstić information content (AvgIpc) is 2.84. The van der Waals surface area contributed by atoms with Crippen molar-refractivity contribution in [2.45, 2.75) is 45.1 Å². The first kappa shape index (κ1) is 14.5. The van der Waals surface area contributed by atoms with Crippen molar-refractivity contribution in [3.05, 3.63) is 11.7 Å². The molecule has 1 aliphatic rings. The molecule has 0 amide bonds. The van der Waals surface area contributed by atoms with Crippen molar-refractivity contribution >= 4 is 9.84 Å². The number of aliphatic hydroxyl groups excluding tert-OH is 1. The summed E-state index contributed by atoms with van der Waals surface area (Å²) in [5.74, 6) is 0.884. The SMILES string of the molecule is CC(C)C(c1nc(C2CCS(=O)(=O)C2)no1)C(C)O. The number of hydrogen-bond donors (Lipinski definition) is 1. The van der Waals surface area contributed by atoms with E-state index in [0.29, 0.717) is 18.1 Å². The summed E-state index contributed by atoms with van der Waals surface area (Å²) in [5.41, 5.74) is 0. The normalized spacial score (nSPS) is 25.6. The van der Waals surface area contributed by atoms with Crippen molar-refractivity contribution in [3.63, 3.8) is 0 Å². The lowest BCUT2D eigenvalue weighted by molar-refractivity contribution is 0.120. The Labute approximate surface area is 113 Å². The van der Waals surface area contributed by atoms with Crippen molar-refractivity contribution in [2.24, 2.45) is 5.92 Å². The number of hydrogen-bond acceptors (Lipinski definition) is 6. The van der Waals surface area contributed by atoms with Crippen molar-refractivity contribution in [2.75, 3.05) is 11.5 Å². The van der Waals surface area contributed by atoms with Gasteiger partial charge in [0.15, 0.2) is 15.7 Å². The molecule has 2 rings (SSSR count). The molecule has 19 heavy (non-hydrogen) atoms. The summed E-state index contributed by atoms with van der Waals surface area (Å²) in [6.07, 6.45) is -0.0388. The zero-order valence-electron chi connectivity index (χ0n) is 11.4. The second kappa shape index (κ2) is 5.20. The molecule has 1 fully saturated rings. The average molecular weight is 288 g/mol. The van der Waals surface area contributed by atoms with Gasteiger partial charge in [-0.25, -0.2) is 8.42 Å². The molecular formula is C12H20N2O4S. The zero-order valence-corrected chi connectivity index (χ0v) is 12.2. The van der Waals surface area contributed by atoms with E-state index < -0.39 is 15.9 Å². The van der Waals surface area contributed by atoms with E-state index in [9.17, 15) is 13.5 Å². The molecule has 3 atom stereocenters. The number of aliphatic hydroxyl groups is 1. The van der Waals surface area contributed by atoms with Gasteiger partial charge in [0.2, 0.25) is 5.89 Å². The van der Waals surface area contributed by atoms with Gasteiger partial charge in [-0.1, -0.05) is 19.0 Å². The van der Waals surface area contributed by atoms with Gasteiger partial charge in [0.05, 0.1) is 23.5 Å². The first-order valence-corrected chi connectivity index (χ1v) is 8.34. The van der Waals surface area contributed by atoms with E-state index in [2.05, 4.69) is 10.1 Å². The van der Waals surface area contributed by atoms with Crippen LogP contribution in [0.1, 0.15) is 50.7 Å². The lowest BCUT2D eigenvalue weighted by Crippen LogP contribution is -2.20. The molecule has 3 unspecified atom stereocenters. The highest BCUT2D eigenvalue weighted by Crippen LogP contribution is 2.31. The predicted molar refractivity (Wildman–Crippen MR) is 69.6 cm³/mol. The zero-order chi connectivity index (χ0) is 14.2. The van der Waals surface area contributed by atoms with Crippen LogP contribution in [0.5, 0.6) is 0 Å². The summed E-state index contributed by atoms with van der Waals surface area (Å²) in [6.45, 7) is 5.64. The summed E-state index contributed by atoms with van der Waals surface area (Å²) in [5, 5.41) is 13.7. The van der Waals surface area contributed by atoms with Crippen LogP contribution in [-0.2, 0) is 9.84 Å². The number of aromatic nitrogens is 2. The molecule has 1 N–H and O–H groups in total. The minimum Gasteiger partial charge on any atom is -0.393 e. The van der Waals surface area contributed by atoms with Crippen LogP contribution in [0, 0.1) is 5.92 Å². The van der Waals surface area contributed by atoms with Crippen LogP contribution in [0.25, 0.3) is 0 Å². The minimum atomic E-state index is -2.96. The van der Waals surface area contributed by atoms with Crippen LogP contribution in [-0.4, -0.2) is 41.3 Å². The van der Waals surface area contributed by atoms with Crippen LogP contribution in [0.2, 0.25) is 0 Å². The Hall–Kier alpha value is -0.950. The summed E-state index contributed by atoms with van der Waals surface area (Å²) < 4.78 is 28.1. The fraction of sp³-hybridized carbons (Fsp3) is 0.833. The molecule has 0 spiro atoms. The Kier molecular flexibility index (Phi) is 3.96. The Morgan fingerprint density at radius 3 is 2.53 bits per heavy atom. The van der Waals surface area contributed by atoms with Crippen molar-refractivity contribution in [1.29, 1.82) is 0 Å². The van der Waals surface area contributed by atoms with E-state index in [1.165, 1.54) is 0 Å². The summed E-state index contributed by atoms with van der Waals surface area (Å²) in [6, 6.07) is 0. The predicted octanol–water partition coefficient (Wildman–Crippen LogP) is 1.09. The molecular weight excluding hydrogens is 268 g/mol. The van der Waals surface area contributed by atoms with Gasteiger partial charge in [0, 0.05) is 5.92 Å². The fourth-order valence-electron chi connectivity index (χ4n) is 2.60. The van der Waals surface area contributed by atoms with E-state index >= 15 is 0 Å². The molecule has 7 heteroatoms. The van der Waals surface area contributed by atoms with Crippen LogP contribution in [0.4, 0.5) is 0 Å². The van der Waals surface area contributed by atoms with E-state index in [1.54, 1.807) is 6.92 Å². The van der Waals surface area contributed by atoms with Gasteiger partial charge in [-0.2, -0.15) is 4.98 Å². The molecule has 1 aliphatic heterocycles. The van der Waals surface area contributed by atoms with Gasteiger partial charge in [-0.3, -0.25) is 0 Å². The third-order valence-electron chi connectivity index (χ3n) is 3.58. The summed E-state index contributed by atoms with van der Waals surface area (Å²) in [4.78, 5) is 4.30. The van der Waals surface area contributed by atoms with E-state index in [0.717, 1.165) is 0 Å². The second-order valence-corrected chi connectivity index (χ2v) is 7.83. The summed E-state index contributed by atoms with van der Waals surface area (Å²) >= 11 is 0. The number of sulfone groups is 1. The maximum atomic E-state index is 11.4. The molecule has 1 aromatic heterocycles. The third kappa shape index (κ3) is 3.14. The monoisotopic (exact) mass is 288 g/mol. The largest absolute Gasteiger partial charge is 0.393 e. The van der Waals surface area contributed by atoms with Crippen molar-refractivity contribution < 1.29 is 18.0 Å². The molecule has 108 valence electrons. The first-order valence-electron chi connectivity index (χ1n) is 6.52. The number of rotatable bonds is 4. The van der Waals surface area contributed by atoms with Gasteiger partial charge in [-0.15, -0.1) is 0 Å². The Morgan fingerprint density at radius 1 is 1.37 bits per heavy atom. The van der Waals surface area contributed by atoms with E-state index in [-0.39, 0.29) is 29.3 Å². The molecule has 1 aromatic rings. The fourth-order valence-corrected chi connectivity index (χ4v) is 4.33. The maximum Gasteiger partial charge on any atom is 0.232 e. The number of nitrogens with zero attached hydrogens (tertiary/aromatic N) is 2. The van der Waals surface area contributed by atoms with E-state index in [4.69, 9.17) is 4.52 Å². The van der Waals surface area contributed by atoms with Gasteiger partial charge < -0.3 is 9.63 Å². The summed E-state index contributed by atoms with van der Waals surface area (Å²) in [7, 11) is -2.96. The Morgan fingerprint density at radius 2 is 2.05 bits per heavy atom. The highest BCUT2D eigenvalue weighted by atomic mass is 32.2. The van der Waals surface area contributed by atoms with Gasteiger partial charge in [0.25, 0.3) is 0 Å². The maximum absolute atomic E-state index is 11.4. The Balaban J connectivity index is 2.19. The lowest BCUT2D eigenvalue weighted by Gasteiger charge is -2.19. The van der Waals surface area contributed by atoms with Crippen LogP contribution < -0.4 is 0 Å². The first-order chi connectivity index (χ1) is 8.80. The molecule has 0 saturated carbocycles. The van der Waals surface area contributed by atoms with Crippen LogP contribution in [0.15, 0.2) is 4.52 Å². The van der Waals surface area contributed by atoms with E-state index in [1.807, 2.05) is 13.8 Å². The smallest absolute Gasteiger partial charge is 0.232 e. The topological polar surface area (TPSA) is 93.3 Å². The highest BCUT2D eigenvalue weighted by molar-refractivity contribution is 7.91. The second-order valence-electron chi connectivity index (χ2n) is 5.60. The van der Waals surface area contributed by atoms with Gasteiger partial charge in [0.1, 0.15) is 0 Å². The Bertz CT molecular complexity index is 528. The molecule has 0 aromatic carbocycles. The minimum absolute atomic E-state index is 0.0903. The third-order valence-corrected chi connectivity index (χ3v) is 5.35. The molecule has 1 saturated heterocycles. The van der Waals surface area contributed by atoms with Crippen molar-refractivity contribution in [1.82, 2.24) is 10.1 Å².